The van der Waals surface area contributed by atoms with Gasteiger partial charge in [-0.3, -0.25) is 14.6 Å². The van der Waals surface area contributed by atoms with Crippen molar-refractivity contribution >= 4 is 33.8 Å². The summed E-state index contributed by atoms with van der Waals surface area (Å²) in [5.41, 5.74) is 9.30. The topological polar surface area (TPSA) is 99.2 Å². The number of imidazole rings is 1. The lowest BCUT2D eigenvalue weighted by molar-refractivity contribution is -0.168. The van der Waals surface area contributed by atoms with Gasteiger partial charge in [0.15, 0.2) is 5.82 Å². The molecular formula is C19H26N6O2. The molecule has 0 saturated heterocycles. The monoisotopic (exact) mass is 370 g/mol. The molecule has 0 atom stereocenters. The molecule has 3 aromatic rings. The third-order valence-corrected chi connectivity index (χ3v) is 4.69. The summed E-state index contributed by atoms with van der Waals surface area (Å²) in [6, 6.07) is 3.75. The Morgan fingerprint density at radius 1 is 1.30 bits per heavy atom. The largest absolute Gasteiger partial charge is 0.382 e. The predicted molar refractivity (Wildman–Crippen MR) is 105 cm³/mol. The van der Waals surface area contributed by atoms with Gasteiger partial charge in [0.1, 0.15) is 22.4 Å². The van der Waals surface area contributed by atoms with Gasteiger partial charge < -0.3 is 10.3 Å². The van der Waals surface area contributed by atoms with Crippen molar-refractivity contribution in [1.82, 2.24) is 24.6 Å². The van der Waals surface area contributed by atoms with Crippen LogP contribution in [0.5, 0.6) is 0 Å². The zero-order valence-corrected chi connectivity index (χ0v) is 16.1. The Hall–Kier alpha value is -2.74. The standard InChI is InChI=1S/C19H26N6O2/c1-4-5-9-14-23-17-18(16-13(22-19(17)20)8-6-11-21-16)25(14)12-7-10-15(26)24(2)27-3/h6,8,11H,4-5,7,9-10,12H2,1-3H3,(H2,20,22). The first kappa shape index (κ1) is 19.0. The van der Waals surface area contributed by atoms with Crippen LogP contribution in [0.15, 0.2) is 18.3 Å². The molecule has 3 heterocycles. The van der Waals surface area contributed by atoms with E-state index in [0.29, 0.717) is 30.7 Å². The van der Waals surface area contributed by atoms with Crippen LogP contribution in [0.25, 0.3) is 22.1 Å². The maximum atomic E-state index is 12.0. The van der Waals surface area contributed by atoms with Gasteiger partial charge in [-0.2, -0.15) is 0 Å². The number of unbranched alkanes of at least 4 members (excludes halogenated alkanes) is 1. The number of nitrogens with two attached hydrogens (primary N) is 1. The predicted octanol–water partition coefficient (Wildman–Crippen LogP) is 2.70. The van der Waals surface area contributed by atoms with Crippen LogP contribution in [0.2, 0.25) is 0 Å². The first-order valence-corrected chi connectivity index (χ1v) is 9.26. The molecule has 3 aromatic heterocycles. The number of hydrogen-bond acceptors (Lipinski definition) is 6. The minimum absolute atomic E-state index is 0.0545. The fourth-order valence-electron chi connectivity index (χ4n) is 3.18. The van der Waals surface area contributed by atoms with Crippen molar-refractivity contribution in [2.45, 2.75) is 45.6 Å². The van der Waals surface area contributed by atoms with Crippen LogP contribution in [0.3, 0.4) is 0 Å². The Kier molecular flexibility index (Phi) is 5.85. The smallest absolute Gasteiger partial charge is 0.245 e. The molecular weight excluding hydrogens is 344 g/mol. The normalized spacial score (nSPS) is 11.4. The number of pyridine rings is 2. The van der Waals surface area contributed by atoms with Crippen molar-refractivity contribution in [3.05, 3.63) is 24.2 Å². The molecule has 0 bridgehead atoms. The number of carbonyl (C=O) groups is 1. The lowest BCUT2D eigenvalue weighted by atomic mass is 10.2. The van der Waals surface area contributed by atoms with Crippen LogP contribution in [0, 0.1) is 0 Å². The van der Waals surface area contributed by atoms with Crippen LogP contribution in [-0.4, -0.2) is 44.6 Å². The summed E-state index contributed by atoms with van der Waals surface area (Å²) in [6.07, 6.45) is 5.78. The Bertz CT molecular complexity index is 952. The highest BCUT2D eigenvalue weighted by molar-refractivity contribution is 6.04. The van der Waals surface area contributed by atoms with E-state index in [1.54, 1.807) is 13.2 Å². The van der Waals surface area contributed by atoms with Gasteiger partial charge in [0.2, 0.25) is 5.91 Å². The molecule has 0 saturated carbocycles. The average Bonchev–Trinajstić information content (AvgIpc) is 3.05. The number of anilines is 1. The van der Waals surface area contributed by atoms with Gasteiger partial charge in [0, 0.05) is 32.6 Å². The van der Waals surface area contributed by atoms with Gasteiger partial charge in [0.05, 0.1) is 12.6 Å². The Morgan fingerprint density at radius 2 is 2.11 bits per heavy atom. The highest BCUT2D eigenvalue weighted by Crippen LogP contribution is 2.28. The number of nitrogen functional groups attached to an aromatic ring is 1. The molecule has 2 N–H and O–H groups in total. The van der Waals surface area contributed by atoms with Crippen LogP contribution >= 0.6 is 0 Å². The molecule has 0 fully saturated rings. The number of hydroxylamine groups is 2. The molecule has 0 aliphatic rings. The maximum absolute atomic E-state index is 12.0. The van der Waals surface area contributed by atoms with Crippen molar-refractivity contribution in [1.29, 1.82) is 0 Å². The van der Waals surface area contributed by atoms with Gasteiger partial charge in [-0.1, -0.05) is 13.3 Å². The van der Waals surface area contributed by atoms with Crippen molar-refractivity contribution in [2.75, 3.05) is 19.9 Å². The molecule has 8 heteroatoms. The van der Waals surface area contributed by atoms with Crippen LogP contribution in [-0.2, 0) is 22.6 Å². The fraction of sp³-hybridized carbons (Fsp3) is 0.474. The molecule has 8 nitrogen and oxygen atoms in total. The third kappa shape index (κ3) is 3.85. The number of rotatable bonds is 8. The number of amides is 1. The van der Waals surface area contributed by atoms with E-state index in [-0.39, 0.29) is 5.91 Å². The SMILES string of the molecule is CCCCc1nc2c(N)nc3cccnc3c2n1CCCC(=O)N(C)OC. The molecule has 27 heavy (non-hydrogen) atoms. The van der Waals surface area contributed by atoms with Gasteiger partial charge in [-0.25, -0.2) is 15.0 Å². The quantitative estimate of drug-likeness (QED) is 0.612. The van der Waals surface area contributed by atoms with E-state index in [0.717, 1.165) is 41.6 Å². The zero-order valence-electron chi connectivity index (χ0n) is 16.1. The molecule has 144 valence electrons. The summed E-state index contributed by atoms with van der Waals surface area (Å²) in [7, 11) is 3.10. The second-order valence-corrected chi connectivity index (χ2v) is 6.53. The molecule has 3 rings (SSSR count). The first-order valence-electron chi connectivity index (χ1n) is 9.26. The number of hydrogen-bond donors (Lipinski definition) is 1. The summed E-state index contributed by atoms with van der Waals surface area (Å²) in [5.74, 6) is 1.32. The second-order valence-electron chi connectivity index (χ2n) is 6.53. The molecule has 0 aromatic carbocycles. The van der Waals surface area contributed by atoms with Gasteiger partial charge in [0.25, 0.3) is 0 Å². The average molecular weight is 370 g/mol. The summed E-state index contributed by atoms with van der Waals surface area (Å²) in [6.45, 7) is 2.81. The van der Waals surface area contributed by atoms with E-state index in [2.05, 4.69) is 21.5 Å². The van der Waals surface area contributed by atoms with Crippen molar-refractivity contribution in [3.8, 4) is 0 Å². The van der Waals surface area contributed by atoms with Gasteiger partial charge >= 0.3 is 0 Å². The maximum Gasteiger partial charge on any atom is 0.245 e. The van der Waals surface area contributed by atoms with Crippen molar-refractivity contribution < 1.29 is 9.63 Å². The van der Waals surface area contributed by atoms with E-state index in [1.807, 2.05) is 12.1 Å². The number of aryl methyl sites for hydroxylation is 2. The summed E-state index contributed by atoms with van der Waals surface area (Å²) in [5, 5.41) is 1.25. The number of carbonyl (C=O) groups excluding carboxylic acids is 1. The number of nitrogens with zero attached hydrogens (tertiary/aromatic N) is 5. The van der Waals surface area contributed by atoms with Crippen LogP contribution in [0.1, 0.15) is 38.4 Å². The molecule has 0 aliphatic heterocycles. The Morgan fingerprint density at radius 3 is 2.85 bits per heavy atom. The van der Waals surface area contributed by atoms with Crippen LogP contribution in [0.4, 0.5) is 5.82 Å². The third-order valence-electron chi connectivity index (χ3n) is 4.69. The van der Waals surface area contributed by atoms with E-state index in [4.69, 9.17) is 15.6 Å². The van der Waals surface area contributed by atoms with Crippen LogP contribution < -0.4 is 5.73 Å². The van der Waals surface area contributed by atoms with E-state index < -0.39 is 0 Å². The molecule has 0 aliphatic carbocycles. The second kappa shape index (κ2) is 8.30. The summed E-state index contributed by atoms with van der Waals surface area (Å²) >= 11 is 0. The van der Waals surface area contributed by atoms with Gasteiger partial charge in [-0.05, 0) is 25.0 Å². The number of aromatic nitrogens is 4. The van der Waals surface area contributed by atoms with E-state index >= 15 is 0 Å². The minimum atomic E-state index is -0.0545. The molecule has 0 spiro atoms. The number of fused-ring (bicyclic) bond motifs is 3. The Balaban J connectivity index is 2.00. The lowest BCUT2D eigenvalue weighted by Gasteiger charge is -2.14. The highest BCUT2D eigenvalue weighted by Gasteiger charge is 2.18. The lowest BCUT2D eigenvalue weighted by Crippen LogP contribution is -2.25. The first-order chi connectivity index (χ1) is 13.1. The van der Waals surface area contributed by atoms with Crippen molar-refractivity contribution in [2.24, 2.45) is 0 Å². The van der Waals surface area contributed by atoms with E-state index in [1.165, 1.54) is 12.2 Å². The zero-order chi connectivity index (χ0) is 19.4. The van der Waals surface area contributed by atoms with Gasteiger partial charge in [-0.15, -0.1) is 0 Å². The Labute approximate surface area is 158 Å². The molecule has 0 unspecified atom stereocenters. The highest BCUT2D eigenvalue weighted by atomic mass is 16.7. The summed E-state index contributed by atoms with van der Waals surface area (Å²) < 4.78 is 2.15. The van der Waals surface area contributed by atoms with Crippen molar-refractivity contribution in [3.63, 3.8) is 0 Å². The molecule has 1 amide bonds. The minimum Gasteiger partial charge on any atom is -0.382 e. The van der Waals surface area contributed by atoms with E-state index in [9.17, 15) is 4.79 Å². The molecule has 0 radical (unpaired) electrons. The summed E-state index contributed by atoms with van der Waals surface area (Å²) in [4.78, 5) is 30.7. The fourth-order valence-corrected chi connectivity index (χ4v) is 3.18.